The summed E-state index contributed by atoms with van der Waals surface area (Å²) in [5, 5.41) is 2.80. The number of nitrogens with one attached hydrogen (secondary N) is 1. The van der Waals surface area contributed by atoms with Crippen molar-refractivity contribution in [2.45, 2.75) is 6.54 Å². The van der Waals surface area contributed by atoms with E-state index in [1.54, 1.807) is 11.9 Å². The van der Waals surface area contributed by atoms with Crippen LogP contribution in [0.3, 0.4) is 0 Å². The maximum absolute atomic E-state index is 11.2. The Morgan fingerprint density at radius 1 is 1.50 bits per heavy atom. The summed E-state index contributed by atoms with van der Waals surface area (Å²) in [5.41, 5.74) is 2.10. The van der Waals surface area contributed by atoms with Crippen molar-refractivity contribution in [2.24, 2.45) is 0 Å². The molecule has 0 radical (unpaired) electrons. The monoisotopic (exact) mass is 164 g/mol. The van der Waals surface area contributed by atoms with Gasteiger partial charge in [-0.05, 0) is 11.6 Å². The molecule has 0 saturated carbocycles. The van der Waals surface area contributed by atoms with Gasteiger partial charge in [0.1, 0.15) is 0 Å². The van der Waals surface area contributed by atoms with Crippen molar-refractivity contribution in [3.05, 3.63) is 29.8 Å². The molecule has 0 fully saturated rings. The number of urea groups is 1. The Morgan fingerprint density at radius 2 is 2.25 bits per heavy atom. The molecule has 0 spiro atoms. The molecule has 3 heteroatoms. The Bertz CT molecular complexity index is 327. The van der Waals surface area contributed by atoms with E-state index in [4.69, 9.17) is 0 Å². The molecule has 1 aliphatic rings. The first-order chi connectivity index (χ1) is 5.77. The van der Waals surface area contributed by atoms with Crippen molar-refractivity contribution in [1.82, 2.24) is 4.90 Å². The zero-order chi connectivity index (χ0) is 8.55. The zero-order valence-electron chi connectivity index (χ0n) is 6.87. The van der Waals surface area contributed by atoms with E-state index in [-0.39, 0.29) is 7.46 Å². The van der Waals surface area contributed by atoms with Gasteiger partial charge in [0, 0.05) is 20.7 Å². The van der Waals surface area contributed by atoms with Gasteiger partial charge in [-0.1, -0.05) is 18.2 Å². The summed E-state index contributed by atoms with van der Waals surface area (Å²) in [7, 11) is 1.78. The summed E-state index contributed by atoms with van der Waals surface area (Å²) >= 11 is 0. The van der Waals surface area contributed by atoms with Gasteiger partial charge in [0.15, 0.2) is 0 Å². The highest BCUT2D eigenvalue weighted by Crippen LogP contribution is 2.21. The van der Waals surface area contributed by atoms with Gasteiger partial charge >= 0.3 is 6.03 Å². The fourth-order valence-electron chi connectivity index (χ4n) is 1.32. The number of hydrogen-bond donors (Lipinski definition) is 1. The Balaban J connectivity index is 0.000000845. The van der Waals surface area contributed by atoms with Crippen molar-refractivity contribution in [3.8, 4) is 0 Å². The number of fused-ring (bicyclic) bond motifs is 1. The van der Waals surface area contributed by atoms with Crippen LogP contribution in [-0.4, -0.2) is 18.0 Å². The van der Waals surface area contributed by atoms with Gasteiger partial charge in [-0.15, -0.1) is 0 Å². The maximum Gasteiger partial charge on any atom is 0.321 e. The summed E-state index contributed by atoms with van der Waals surface area (Å²) in [6.45, 7) is 0.696. The average molecular weight is 164 g/mol. The van der Waals surface area contributed by atoms with Crippen LogP contribution in [0.15, 0.2) is 24.3 Å². The highest BCUT2D eigenvalue weighted by Gasteiger charge is 2.17. The van der Waals surface area contributed by atoms with Crippen LogP contribution < -0.4 is 5.32 Å². The lowest BCUT2D eigenvalue weighted by atomic mass is 10.1. The number of carbonyl (C=O) groups is 1. The molecule has 1 N–H and O–H groups in total. The van der Waals surface area contributed by atoms with Crippen molar-refractivity contribution in [1.29, 1.82) is 0 Å². The Kier molecular flexibility index (Phi) is 1.50. The van der Waals surface area contributed by atoms with Crippen molar-refractivity contribution in [3.63, 3.8) is 0 Å². The van der Waals surface area contributed by atoms with Gasteiger partial charge in [-0.2, -0.15) is 0 Å². The van der Waals surface area contributed by atoms with Gasteiger partial charge in [0.25, 0.3) is 0 Å². The smallest absolute Gasteiger partial charge is 0.321 e. The SMILES string of the molecule is CN1Cc2ccccc2NC1=O.[HH]. The molecular weight excluding hydrogens is 152 g/mol. The Labute approximate surface area is 72.5 Å². The molecular formula is C9H12N2O. The van der Waals surface area contributed by atoms with E-state index in [1.165, 1.54) is 5.56 Å². The van der Waals surface area contributed by atoms with E-state index in [0.29, 0.717) is 6.54 Å². The molecule has 0 aliphatic carbocycles. The molecule has 0 aromatic heterocycles. The molecule has 0 atom stereocenters. The molecule has 0 saturated heterocycles. The van der Waals surface area contributed by atoms with E-state index in [2.05, 4.69) is 5.32 Å². The summed E-state index contributed by atoms with van der Waals surface area (Å²) < 4.78 is 0. The predicted molar refractivity (Wildman–Crippen MR) is 49.0 cm³/mol. The Morgan fingerprint density at radius 3 is 3.08 bits per heavy atom. The lowest BCUT2D eigenvalue weighted by Crippen LogP contribution is -2.35. The predicted octanol–water partition coefficient (Wildman–Crippen LogP) is 1.91. The van der Waals surface area contributed by atoms with E-state index in [1.807, 2.05) is 24.3 Å². The van der Waals surface area contributed by atoms with E-state index in [0.717, 1.165) is 5.69 Å². The third-order valence-electron chi connectivity index (χ3n) is 2.01. The lowest BCUT2D eigenvalue weighted by molar-refractivity contribution is 0.218. The number of carbonyl (C=O) groups excluding carboxylic acids is 1. The third-order valence-corrected chi connectivity index (χ3v) is 2.01. The largest absolute Gasteiger partial charge is 0.323 e. The first-order valence-electron chi connectivity index (χ1n) is 3.87. The van der Waals surface area contributed by atoms with Gasteiger partial charge in [-0.25, -0.2) is 4.79 Å². The number of amides is 2. The van der Waals surface area contributed by atoms with Gasteiger partial charge in [-0.3, -0.25) is 0 Å². The highest BCUT2D eigenvalue weighted by molar-refractivity contribution is 5.91. The average Bonchev–Trinajstić information content (AvgIpc) is 2.07. The molecule has 1 aromatic rings. The molecule has 3 nitrogen and oxygen atoms in total. The van der Waals surface area contributed by atoms with Gasteiger partial charge < -0.3 is 10.2 Å². The maximum atomic E-state index is 11.2. The van der Waals surface area contributed by atoms with Crippen LogP contribution in [-0.2, 0) is 6.54 Å². The number of hydrogen-bond acceptors (Lipinski definition) is 1. The fraction of sp³-hybridized carbons (Fsp3) is 0.222. The fourth-order valence-corrected chi connectivity index (χ4v) is 1.32. The second-order valence-corrected chi connectivity index (χ2v) is 2.94. The molecule has 1 aromatic carbocycles. The zero-order valence-corrected chi connectivity index (χ0v) is 6.87. The van der Waals surface area contributed by atoms with E-state index >= 15 is 0 Å². The van der Waals surface area contributed by atoms with Crippen molar-refractivity contribution < 1.29 is 6.22 Å². The number of para-hydroxylation sites is 1. The third kappa shape index (κ3) is 1.03. The van der Waals surface area contributed by atoms with Crippen LogP contribution in [0.1, 0.15) is 6.99 Å². The van der Waals surface area contributed by atoms with Crippen LogP contribution in [0.5, 0.6) is 0 Å². The normalized spacial score (nSPS) is 15.4. The molecule has 1 heterocycles. The van der Waals surface area contributed by atoms with Crippen molar-refractivity contribution in [2.75, 3.05) is 12.4 Å². The topological polar surface area (TPSA) is 32.3 Å². The number of benzene rings is 1. The van der Waals surface area contributed by atoms with E-state index in [9.17, 15) is 4.79 Å². The highest BCUT2D eigenvalue weighted by atomic mass is 16.2. The minimum atomic E-state index is -0.0336. The molecule has 2 rings (SSSR count). The van der Waals surface area contributed by atoms with Gasteiger partial charge in [0.05, 0.1) is 0 Å². The Hall–Kier alpha value is -1.51. The second kappa shape index (κ2) is 2.52. The molecule has 0 bridgehead atoms. The summed E-state index contributed by atoms with van der Waals surface area (Å²) in [5.74, 6) is 0. The summed E-state index contributed by atoms with van der Waals surface area (Å²) in [4.78, 5) is 12.8. The molecule has 2 amide bonds. The number of rotatable bonds is 0. The van der Waals surface area contributed by atoms with Crippen LogP contribution in [0.2, 0.25) is 0 Å². The molecule has 1 aliphatic heterocycles. The summed E-state index contributed by atoms with van der Waals surface area (Å²) in [6.07, 6.45) is 0. The van der Waals surface area contributed by atoms with Crippen LogP contribution >= 0.6 is 0 Å². The first-order valence-corrected chi connectivity index (χ1v) is 3.87. The molecule has 0 unspecified atom stereocenters. The second-order valence-electron chi connectivity index (χ2n) is 2.94. The minimum absolute atomic E-state index is 0. The number of nitrogens with zero attached hydrogens (tertiary/aromatic N) is 1. The van der Waals surface area contributed by atoms with Crippen LogP contribution in [0.4, 0.5) is 10.5 Å². The summed E-state index contributed by atoms with van der Waals surface area (Å²) in [6, 6.07) is 7.80. The van der Waals surface area contributed by atoms with Crippen LogP contribution in [0, 0.1) is 0 Å². The first kappa shape index (κ1) is 7.16. The number of anilines is 1. The minimum Gasteiger partial charge on any atom is -0.323 e. The van der Waals surface area contributed by atoms with Crippen molar-refractivity contribution >= 4 is 11.7 Å². The van der Waals surface area contributed by atoms with Gasteiger partial charge in [0.2, 0.25) is 0 Å². The quantitative estimate of drug-likeness (QED) is 0.624. The lowest BCUT2D eigenvalue weighted by Gasteiger charge is -2.25. The molecule has 12 heavy (non-hydrogen) atoms. The van der Waals surface area contributed by atoms with E-state index < -0.39 is 0 Å². The molecule has 64 valence electrons. The van der Waals surface area contributed by atoms with Crippen LogP contribution in [0.25, 0.3) is 0 Å². The standard InChI is InChI=1S/C9H10N2O.H2/c1-11-6-7-4-2-3-5-8(7)10-9(11)12;/h2-5H,6H2,1H3,(H,10,12);1H.